The van der Waals surface area contributed by atoms with Crippen LogP contribution in [0.5, 0.6) is 11.5 Å². The molecule has 4 aromatic rings. The first-order chi connectivity index (χ1) is 20.6. The summed E-state index contributed by atoms with van der Waals surface area (Å²) in [4.78, 5) is 26.9. The van der Waals surface area contributed by atoms with E-state index in [4.69, 9.17) is 29.9 Å². The summed E-state index contributed by atoms with van der Waals surface area (Å²) >= 11 is 6.50. The molecule has 2 heterocycles. The molecule has 10 nitrogen and oxygen atoms in total. The molecule has 0 aliphatic heterocycles. The van der Waals surface area contributed by atoms with E-state index in [1.54, 1.807) is 43.6 Å². The molecule has 0 spiro atoms. The Morgan fingerprint density at radius 1 is 1.10 bits per heavy atom. The average Bonchev–Trinajstić information content (AvgIpc) is 2.97. The lowest BCUT2D eigenvalue weighted by Gasteiger charge is -2.15. The van der Waals surface area contributed by atoms with Crippen LogP contribution >= 0.6 is 11.6 Å². The number of methoxy groups -OCH3 is 1. The number of rotatable bonds is 13. The minimum atomic E-state index is -2.26. The molecule has 208 valence electrons. The fourth-order valence-corrected chi connectivity index (χ4v) is 3.83. The van der Waals surface area contributed by atoms with Crippen molar-refractivity contribution in [3.63, 3.8) is 0 Å². The number of pyridine rings is 1. The Hall–Kier alpha value is -4.25. The van der Waals surface area contributed by atoms with E-state index in [0.717, 1.165) is 10.6 Å². The Labute approximate surface area is 242 Å². The van der Waals surface area contributed by atoms with E-state index in [9.17, 15) is 4.79 Å². The van der Waals surface area contributed by atoms with Crippen molar-refractivity contribution in [2.75, 3.05) is 51.5 Å². The van der Waals surface area contributed by atoms with Gasteiger partial charge in [-0.15, -0.1) is 0 Å². The molecule has 0 saturated carbocycles. The van der Waals surface area contributed by atoms with Crippen LogP contribution in [-0.4, -0.2) is 66.7 Å². The van der Waals surface area contributed by atoms with Gasteiger partial charge in [-0.3, -0.25) is 9.78 Å². The van der Waals surface area contributed by atoms with Gasteiger partial charge in [-0.2, -0.15) is 0 Å². The molecule has 40 heavy (non-hydrogen) atoms. The van der Waals surface area contributed by atoms with Crippen molar-refractivity contribution in [3.8, 4) is 11.5 Å². The van der Waals surface area contributed by atoms with E-state index in [0.29, 0.717) is 51.2 Å². The van der Waals surface area contributed by atoms with Gasteiger partial charge < -0.3 is 29.7 Å². The van der Waals surface area contributed by atoms with Crippen LogP contribution in [-0.2, 0) is 16.1 Å². The van der Waals surface area contributed by atoms with Crippen LogP contribution in [0.1, 0.15) is 9.81 Å². The zero-order valence-electron chi connectivity index (χ0n) is 25.1. The van der Waals surface area contributed by atoms with Crippen molar-refractivity contribution in [3.05, 3.63) is 83.9 Å². The molecule has 0 atom stereocenters. The highest BCUT2D eigenvalue weighted by molar-refractivity contribution is 6.32. The lowest BCUT2D eigenvalue weighted by atomic mass is 10.1. The molecule has 2 aromatic carbocycles. The summed E-state index contributed by atoms with van der Waals surface area (Å²) in [5, 5.41) is 7.06. The number of amides is 1. The van der Waals surface area contributed by atoms with Crippen molar-refractivity contribution >= 4 is 45.6 Å². The van der Waals surface area contributed by atoms with Crippen LogP contribution < -0.4 is 20.1 Å². The summed E-state index contributed by atoms with van der Waals surface area (Å²) < 4.78 is 39.0. The highest BCUT2D eigenvalue weighted by atomic mass is 35.5. The number of hydrogen-bond donors (Lipinski definition) is 2. The van der Waals surface area contributed by atoms with Gasteiger partial charge in [-0.05, 0) is 50.4 Å². The highest BCUT2D eigenvalue weighted by Gasteiger charge is 2.14. The van der Waals surface area contributed by atoms with Gasteiger partial charge in [0.1, 0.15) is 36.9 Å². The summed E-state index contributed by atoms with van der Waals surface area (Å²) in [6.45, 7) is -1.34. The number of nitrogens with zero attached hydrogens (tertiary/aromatic N) is 4. The number of carbonyl (C=O) groups excluding carboxylic acids is 1. The Morgan fingerprint density at radius 3 is 2.77 bits per heavy atom. The van der Waals surface area contributed by atoms with E-state index in [1.165, 1.54) is 25.5 Å². The summed E-state index contributed by atoms with van der Waals surface area (Å²) in [6, 6.07) is 14.3. The summed E-state index contributed by atoms with van der Waals surface area (Å²) in [5.74, 6) is 0.894. The molecule has 0 aliphatic rings. The third-order valence-electron chi connectivity index (χ3n) is 5.48. The van der Waals surface area contributed by atoms with E-state index >= 15 is 0 Å². The van der Waals surface area contributed by atoms with Gasteiger partial charge in [0.05, 0.1) is 28.5 Å². The maximum absolute atomic E-state index is 12.7. The van der Waals surface area contributed by atoms with Crippen molar-refractivity contribution in [1.82, 2.24) is 19.9 Å². The van der Waals surface area contributed by atoms with Crippen LogP contribution in [0.15, 0.2) is 73.2 Å². The van der Waals surface area contributed by atoms with Crippen LogP contribution in [0, 0.1) is 0 Å². The first-order valence-electron chi connectivity index (χ1n) is 13.8. The quantitative estimate of drug-likeness (QED) is 0.169. The van der Waals surface area contributed by atoms with Gasteiger partial charge in [0.2, 0.25) is 5.91 Å². The van der Waals surface area contributed by atoms with E-state index in [2.05, 4.69) is 25.6 Å². The number of anilines is 3. The van der Waals surface area contributed by atoms with Crippen LogP contribution in [0.3, 0.4) is 0 Å². The van der Waals surface area contributed by atoms with Gasteiger partial charge in [0.15, 0.2) is 0 Å². The number of hydrogen-bond acceptors (Lipinski definition) is 9. The zero-order valence-corrected chi connectivity index (χ0v) is 22.8. The number of likely N-dealkylation sites (N-methyl/N-ethyl adjacent to an activating group) is 1. The number of nitrogens with one attached hydrogen (secondary N) is 2. The van der Waals surface area contributed by atoms with E-state index in [1.807, 2.05) is 18.2 Å². The Bertz CT molecular complexity index is 1570. The molecule has 2 aromatic heterocycles. The summed E-state index contributed by atoms with van der Waals surface area (Å²) in [7, 11) is 3.01. The number of ether oxygens (including phenoxy) is 3. The smallest absolute Gasteiger partial charge is 0.248 e. The first kappa shape index (κ1) is 24.8. The largest absolute Gasteiger partial charge is 0.489 e. The predicted molar refractivity (Wildman–Crippen MR) is 157 cm³/mol. The van der Waals surface area contributed by atoms with Crippen LogP contribution in [0.2, 0.25) is 5.02 Å². The van der Waals surface area contributed by atoms with Gasteiger partial charge in [-0.1, -0.05) is 23.7 Å². The monoisotopic (exact) mass is 565 g/mol. The topological polar surface area (TPSA) is 111 Å². The second-order valence-corrected chi connectivity index (χ2v) is 8.99. The maximum atomic E-state index is 12.7. The molecule has 0 bridgehead atoms. The maximum Gasteiger partial charge on any atom is 0.248 e. The minimum Gasteiger partial charge on any atom is -0.489 e. The fraction of sp³-hybridized carbons (Fsp3) is 0.241. The molecule has 0 aliphatic carbocycles. The molecule has 4 rings (SSSR count). The van der Waals surface area contributed by atoms with E-state index < -0.39 is 12.9 Å². The number of benzene rings is 2. The van der Waals surface area contributed by atoms with Gasteiger partial charge >= 0.3 is 0 Å². The van der Waals surface area contributed by atoms with Gasteiger partial charge in [-0.25, -0.2) is 9.97 Å². The Kier molecular flexibility index (Phi) is 8.81. The third-order valence-corrected chi connectivity index (χ3v) is 5.78. The normalized spacial score (nSPS) is 12.7. The minimum absolute atomic E-state index is 0.0658. The first-order valence-corrected chi connectivity index (χ1v) is 12.7. The number of carbonyl (C=O) groups is 1. The summed E-state index contributed by atoms with van der Waals surface area (Å²) in [5.41, 5.74) is 2.37. The molecular formula is C29H31ClN6O4. The highest BCUT2D eigenvalue weighted by Crippen LogP contribution is 2.35. The third kappa shape index (κ3) is 8.12. The SMILES string of the molecule is [2H]C([2H])([2H])N(C)C/C=C/C(=O)Nc1cc2c(Nc3ccc(OCc4ccccn4)c(Cl)c3)ncnc2cc1OCCOC. The standard InChI is InChI=1S/C29H31ClN6O4/c1-36(2)12-6-8-28(37)35-25-16-22-24(17-27(25)39-14-13-38-3)32-19-33-29(22)34-20-9-10-26(23(30)15-20)40-18-21-7-4-5-11-31-21/h4-11,15-17,19H,12-14,18H2,1-3H3,(H,35,37)(H,32,33,34)/b8-6+/i1D3. The lowest BCUT2D eigenvalue weighted by molar-refractivity contribution is -0.111. The zero-order chi connectivity index (χ0) is 30.8. The fourth-order valence-electron chi connectivity index (χ4n) is 3.60. The van der Waals surface area contributed by atoms with Crippen molar-refractivity contribution in [1.29, 1.82) is 0 Å². The summed E-state index contributed by atoms with van der Waals surface area (Å²) in [6.07, 6.45) is 5.85. The molecule has 0 saturated heterocycles. The molecule has 2 N–H and O–H groups in total. The van der Waals surface area contributed by atoms with E-state index in [-0.39, 0.29) is 19.8 Å². The number of halogens is 1. The number of aromatic nitrogens is 3. The molecular weight excluding hydrogens is 532 g/mol. The lowest BCUT2D eigenvalue weighted by Crippen LogP contribution is -2.14. The predicted octanol–water partition coefficient (Wildman–Crippen LogP) is 5.08. The van der Waals surface area contributed by atoms with Crippen LogP contribution in [0.25, 0.3) is 10.9 Å². The van der Waals surface area contributed by atoms with Crippen molar-refractivity contribution in [2.24, 2.45) is 0 Å². The molecule has 0 unspecified atom stereocenters. The molecule has 0 radical (unpaired) electrons. The molecule has 1 amide bonds. The molecule has 11 heteroatoms. The van der Waals surface area contributed by atoms with Crippen LogP contribution in [0.4, 0.5) is 17.2 Å². The Balaban J connectivity index is 1.55. The van der Waals surface area contributed by atoms with Gasteiger partial charge in [0, 0.05) is 47.2 Å². The second-order valence-electron chi connectivity index (χ2n) is 8.58. The van der Waals surface area contributed by atoms with Gasteiger partial charge in [0.25, 0.3) is 0 Å². The second kappa shape index (κ2) is 14.2. The Morgan fingerprint density at radius 2 is 2.00 bits per heavy atom. The number of fused-ring (bicyclic) bond motifs is 1. The van der Waals surface area contributed by atoms with Crippen molar-refractivity contribution in [2.45, 2.75) is 6.61 Å². The average molecular weight is 566 g/mol. The van der Waals surface area contributed by atoms with Crippen molar-refractivity contribution < 1.29 is 23.1 Å². The molecule has 0 fully saturated rings.